The molecule has 3 atom stereocenters. The van der Waals surface area contributed by atoms with Crippen LogP contribution in [0.25, 0.3) is 11.1 Å². The highest BCUT2D eigenvalue weighted by atomic mass is 32.2. The van der Waals surface area contributed by atoms with Crippen LogP contribution < -0.4 is 10.6 Å². The van der Waals surface area contributed by atoms with Gasteiger partial charge in [0.05, 0.1) is 24.4 Å². The van der Waals surface area contributed by atoms with Gasteiger partial charge in [0.1, 0.15) is 0 Å². The third-order valence-electron chi connectivity index (χ3n) is 8.02. The van der Waals surface area contributed by atoms with Crippen molar-refractivity contribution in [3.63, 3.8) is 0 Å². The number of amides is 2. The fourth-order valence-corrected chi connectivity index (χ4v) is 6.48. The van der Waals surface area contributed by atoms with E-state index in [1.54, 1.807) is 36.3 Å². The van der Waals surface area contributed by atoms with E-state index in [-0.39, 0.29) is 30.6 Å². The van der Waals surface area contributed by atoms with E-state index in [1.165, 1.54) is 6.92 Å². The number of carbonyl (C=O) groups is 2. The molecule has 8 nitrogen and oxygen atoms in total. The van der Waals surface area contributed by atoms with Crippen molar-refractivity contribution in [1.29, 1.82) is 0 Å². The Labute approximate surface area is 284 Å². The number of nitrogens with one attached hydrogen (secondary N) is 2. The molecule has 4 aromatic carbocycles. The summed E-state index contributed by atoms with van der Waals surface area (Å²) in [6.45, 7) is 1.87. The van der Waals surface area contributed by atoms with Crippen molar-refractivity contribution in [2.75, 3.05) is 11.1 Å². The predicted octanol–water partition coefficient (Wildman–Crippen LogP) is 7.47. The standard InChI is InChI=1S/C39H37N3O5S/c1-26(44)42-34-14-16-36(17-15-34)48-25-35-21-37(29-12-10-27(24-43)11-13-29)47-39(46-35)32-8-3-7-31(20-32)30-6-2-5-28(19-30)22-41-38(45)33-9-4-18-40-23-33/h2-20,23,35,37,39,43H,21-22,24-25H2,1H3,(H,41,45)(H,42,44)/t35-,37+,39+/m0/s1. The van der Waals surface area contributed by atoms with E-state index in [9.17, 15) is 14.7 Å². The molecule has 2 amide bonds. The zero-order valence-corrected chi connectivity index (χ0v) is 27.4. The molecule has 244 valence electrons. The number of aromatic nitrogens is 1. The maximum atomic E-state index is 12.6. The van der Waals surface area contributed by atoms with Crippen molar-refractivity contribution in [2.45, 2.75) is 49.9 Å². The minimum atomic E-state index is -0.587. The molecule has 0 bridgehead atoms. The lowest BCUT2D eigenvalue weighted by Crippen LogP contribution is -2.31. The van der Waals surface area contributed by atoms with E-state index < -0.39 is 6.29 Å². The molecule has 9 heteroatoms. The molecular weight excluding hydrogens is 623 g/mol. The molecule has 6 rings (SSSR count). The second kappa shape index (κ2) is 15.9. The van der Waals surface area contributed by atoms with Gasteiger partial charge in [0.15, 0.2) is 6.29 Å². The van der Waals surface area contributed by atoms with E-state index in [2.05, 4.69) is 39.9 Å². The Balaban J connectivity index is 1.18. The maximum absolute atomic E-state index is 12.6. The maximum Gasteiger partial charge on any atom is 0.253 e. The number of aliphatic hydroxyl groups is 1. The van der Waals surface area contributed by atoms with Gasteiger partial charge < -0.3 is 25.2 Å². The van der Waals surface area contributed by atoms with E-state index in [0.29, 0.717) is 18.5 Å². The van der Waals surface area contributed by atoms with Gasteiger partial charge in [-0.15, -0.1) is 11.8 Å². The average Bonchev–Trinajstić information content (AvgIpc) is 3.14. The van der Waals surface area contributed by atoms with Crippen LogP contribution in [0, 0.1) is 0 Å². The Morgan fingerprint density at radius 3 is 2.35 bits per heavy atom. The number of carbonyl (C=O) groups excluding carboxylic acids is 2. The number of thioether (sulfide) groups is 1. The number of pyridine rings is 1. The van der Waals surface area contributed by atoms with Gasteiger partial charge >= 0.3 is 0 Å². The fourth-order valence-electron chi connectivity index (χ4n) is 5.56. The van der Waals surface area contributed by atoms with Crippen LogP contribution in [0.1, 0.15) is 58.4 Å². The number of benzene rings is 4. The second-order valence-corrected chi connectivity index (χ2v) is 12.7. The van der Waals surface area contributed by atoms with E-state index in [4.69, 9.17) is 9.47 Å². The van der Waals surface area contributed by atoms with Crippen LogP contribution in [0.3, 0.4) is 0 Å². The first-order valence-electron chi connectivity index (χ1n) is 15.8. The topological polar surface area (TPSA) is 110 Å². The molecule has 1 aliphatic heterocycles. The first-order chi connectivity index (χ1) is 23.4. The molecule has 48 heavy (non-hydrogen) atoms. The van der Waals surface area contributed by atoms with E-state index in [1.807, 2.05) is 72.8 Å². The zero-order valence-electron chi connectivity index (χ0n) is 26.5. The molecule has 5 aromatic rings. The Kier molecular flexibility index (Phi) is 10.9. The van der Waals surface area contributed by atoms with Gasteiger partial charge in [-0.1, -0.05) is 60.7 Å². The highest BCUT2D eigenvalue weighted by Gasteiger charge is 2.32. The predicted molar refractivity (Wildman–Crippen MR) is 187 cm³/mol. The van der Waals surface area contributed by atoms with Gasteiger partial charge in [0.25, 0.3) is 5.91 Å². The SMILES string of the molecule is CC(=O)Nc1ccc(SC[C@@H]2C[C@H](c3ccc(CO)cc3)O[C@H](c3cccc(-c4cccc(CNC(=O)c5cccnc5)c4)c3)O2)cc1. The lowest BCUT2D eigenvalue weighted by molar-refractivity contribution is -0.245. The molecule has 3 N–H and O–H groups in total. The summed E-state index contributed by atoms with van der Waals surface area (Å²) in [6, 6.07) is 35.5. The Morgan fingerprint density at radius 1 is 0.854 bits per heavy atom. The average molecular weight is 660 g/mol. The van der Waals surface area contributed by atoms with Gasteiger partial charge in [-0.25, -0.2) is 0 Å². The summed E-state index contributed by atoms with van der Waals surface area (Å²) in [6.07, 6.45) is 3.00. The number of nitrogens with zero attached hydrogens (tertiary/aromatic N) is 1. The van der Waals surface area contributed by atoms with Crippen molar-refractivity contribution < 1.29 is 24.2 Å². The minimum Gasteiger partial charge on any atom is -0.392 e. The van der Waals surface area contributed by atoms with Crippen LogP contribution in [0.2, 0.25) is 0 Å². The first kappa shape index (κ1) is 33.1. The van der Waals surface area contributed by atoms with E-state index in [0.717, 1.165) is 49.7 Å². The molecule has 1 fully saturated rings. The molecule has 0 radical (unpaired) electrons. The Morgan fingerprint density at radius 2 is 1.62 bits per heavy atom. The Hall–Kier alpha value is -4.80. The highest BCUT2D eigenvalue weighted by Crippen LogP contribution is 2.40. The van der Waals surface area contributed by atoms with Gasteiger partial charge in [-0.05, 0) is 76.3 Å². The molecule has 2 heterocycles. The quantitative estimate of drug-likeness (QED) is 0.126. The Bertz CT molecular complexity index is 1830. The summed E-state index contributed by atoms with van der Waals surface area (Å²) < 4.78 is 13.2. The molecule has 1 aromatic heterocycles. The summed E-state index contributed by atoms with van der Waals surface area (Å²) >= 11 is 1.70. The molecule has 0 saturated carbocycles. The summed E-state index contributed by atoms with van der Waals surface area (Å²) in [4.78, 5) is 29.1. The van der Waals surface area contributed by atoms with Crippen LogP contribution in [-0.2, 0) is 27.4 Å². The monoisotopic (exact) mass is 659 g/mol. The van der Waals surface area contributed by atoms with Crippen molar-refractivity contribution in [2.24, 2.45) is 0 Å². The third-order valence-corrected chi connectivity index (χ3v) is 9.17. The molecule has 1 saturated heterocycles. The smallest absolute Gasteiger partial charge is 0.253 e. The fraction of sp³-hybridized carbons (Fsp3) is 0.205. The lowest BCUT2D eigenvalue weighted by atomic mass is 9.99. The molecule has 0 spiro atoms. The van der Waals surface area contributed by atoms with Crippen molar-refractivity contribution in [1.82, 2.24) is 10.3 Å². The molecule has 1 aliphatic rings. The number of rotatable bonds is 11. The summed E-state index contributed by atoms with van der Waals surface area (Å²) in [5, 5.41) is 15.3. The highest BCUT2D eigenvalue weighted by molar-refractivity contribution is 7.99. The van der Waals surface area contributed by atoms with Crippen LogP contribution in [-0.4, -0.2) is 33.8 Å². The van der Waals surface area contributed by atoms with Gasteiger partial charge in [0.2, 0.25) is 5.91 Å². The van der Waals surface area contributed by atoms with Crippen LogP contribution in [0.15, 0.2) is 126 Å². The second-order valence-electron chi connectivity index (χ2n) is 11.6. The van der Waals surface area contributed by atoms with Crippen LogP contribution in [0.5, 0.6) is 0 Å². The van der Waals surface area contributed by atoms with Gasteiger partial charge in [-0.2, -0.15) is 0 Å². The van der Waals surface area contributed by atoms with Gasteiger partial charge in [0, 0.05) is 54.2 Å². The van der Waals surface area contributed by atoms with Crippen molar-refractivity contribution >= 4 is 29.3 Å². The first-order valence-corrected chi connectivity index (χ1v) is 16.8. The minimum absolute atomic E-state index is 0.0115. The molecular formula is C39H37N3O5S. The number of anilines is 1. The normalized spacial score (nSPS) is 17.4. The molecule has 0 aliphatic carbocycles. The summed E-state index contributed by atoms with van der Waals surface area (Å²) in [5.41, 5.74) is 7.10. The number of hydrogen-bond donors (Lipinski definition) is 3. The molecule has 0 unspecified atom stereocenters. The van der Waals surface area contributed by atoms with Crippen LogP contribution in [0.4, 0.5) is 5.69 Å². The number of aliphatic hydroxyl groups excluding tert-OH is 1. The zero-order chi connectivity index (χ0) is 33.3. The number of hydrogen-bond acceptors (Lipinski definition) is 7. The summed E-state index contributed by atoms with van der Waals surface area (Å²) in [7, 11) is 0. The largest absolute Gasteiger partial charge is 0.392 e. The van der Waals surface area contributed by atoms with Crippen molar-refractivity contribution in [3.8, 4) is 11.1 Å². The number of ether oxygens (including phenoxy) is 2. The third kappa shape index (κ3) is 8.76. The van der Waals surface area contributed by atoms with E-state index >= 15 is 0 Å². The lowest BCUT2D eigenvalue weighted by Gasteiger charge is -2.36. The van der Waals surface area contributed by atoms with Gasteiger partial charge in [-0.3, -0.25) is 14.6 Å². The van der Waals surface area contributed by atoms with Crippen molar-refractivity contribution in [3.05, 3.63) is 149 Å². The van der Waals surface area contributed by atoms with Crippen LogP contribution >= 0.6 is 11.8 Å². The summed E-state index contributed by atoms with van der Waals surface area (Å²) in [5.74, 6) is 0.450.